The zero-order valence-electron chi connectivity index (χ0n) is 32.8. The molecule has 288 valence electrons. The monoisotopic (exact) mass is 704 g/mol. The molecule has 0 radical (unpaired) electrons. The van der Waals surface area contributed by atoms with Crippen LogP contribution in [0, 0.1) is 0 Å². The van der Waals surface area contributed by atoms with Gasteiger partial charge in [-0.3, -0.25) is 4.79 Å². The second-order valence-electron chi connectivity index (χ2n) is 13.3. The van der Waals surface area contributed by atoms with E-state index in [9.17, 15) is 15.0 Å². The smallest absolute Gasteiger partial charge is 0.220 e. The van der Waals surface area contributed by atoms with Gasteiger partial charge in [0.15, 0.2) is 0 Å². The fraction of sp³-hybridized carbons (Fsp3) is 0.596. The first-order chi connectivity index (χ1) is 25.2. The number of hydrogen-bond acceptors (Lipinski definition) is 3. The number of carbonyl (C=O) groups excluding carboxylic acids is 1. The first kappa shape index (κ1) is 48.0. The maximum atomic E-state index is 12.3. The van der Waals surface area contributed by atoms with Crippen LogP contribution in [-0.2, 0) is 4.79 Å². The standard InChI is InChI=1S/C47H77NO3/c1-3-5-7-9-11-13-15-17-19-20-21-22-23-24-25-26-27-28-29-31-33-35-37-39-41-43-47(51)48-45(44-49)46(50)42-40-38-36-34-32-30-18-16-14-12-10-8-6-4-2/h5,7,11,13,17,19,21-22,24-25,27-28,31-34,40,42,45-46,49-50H,3-4,6,8-10,12,14-16,18,20,23,26,29-30,35-39,41,43-44H2,1-2H3,(H,48,51)/b7-5-,13-11-,19-17-,22-21-,25-24-,28-27-,33-31-,34-32+,42-40+. The third-order valence-electron chi connectivity index (χ3n) is 8.49. The van der Waals surface area contributed by atoms with E-state index < -0.39 is 12.1 Å². The average Bonchev–Trinajstić information content (AvgIpc) is 3.13. The maximum Gasteiger partial charge on any atom is 0.220 e. The van der Waals surface area contributed by atoms with Crippen molar-refractivity contribution in [3.05, 3.63) is 109 Å². The van der Waals surface area contributed by atoms with Crippen LogP contribution in [0.3, 0.4) is 0 Å². The summed E-state index contributed by atoms with van der Waals surface area (Å²) in [5.74, 6) is -0.112. The Balaban J connectivity index is 3.79. The molecule has 0 rings (SSSR count). The molecule has 4 heteroatoms. The second-order valence-corrected chi connectivity index (χ2v) is 13.3. The fourth-order valence-corrected chi connectivity index (χ4v) is 5.35. The lowest BCUT2D eigenvalue weighted by molar-refractivity contribution is -0.123. The van der Waals surface area contributed by atoms with Crippen molar-refractivity contribution in [3.8, 4) is 0 Å². The highest BCUT2D eigenvalue weighted by Crippen LogP contribution is 2.10. The molecule has 0 aromatic rings. The lowest BCUT2D eigenvalue weighted by atomic mass is 10.1. The minimum atomic E-state index is -0.883. The van der Waals surface area contributed by atoms with Crippen molar-refractivity contribution in [3.63, 3.8) is 0 Å². The molecule has 0 bridgehead atoms. The van der Waals surface area contributed by atoms with Crippen molar-refractivity contribution in [2.24, 2.45) is 0 Å². The molecule has 0 aromatic carbocycles. The van der Waals surface area contributed by atoms with Gasteiger partial charge in [0.1, 0.15) is 0 Å². The average molecular weight is 704 g/mol. The van der Waals surface area contributed by atoms with E-state index in [2.05, 4.69) is 116 Å². The van der Waals surface area contributed by atoms with Gasteiger partial charge in [-0.15, -0.1) is 0 Å². The molecule has 0 heterocycles. The Hall–Kier alpha value is -2.95. The SMILES string of the molecule is CC/C=C\C/C=C\C/C=C\C/C=C\C/C=C\C/C=C\C/C=C\CCCCCC(=O)NC(CO)C(O)/C=C/CC/C=C/CCCCCCCCCC. The number of unbranched alkanes of at least 4 members (excludes halogenated alkanes) is 12. The zero-order valence-corrected chi connectivity index (χ0v) is 32.8. The second kappa shape index (κ2) is 41.5. The van der Waals surface area contributed by atoms with Crippen LogP contribution in [0.1, 0.15) is 162 Å². The van der Waals surface area contributed by atoms with Crippen molar-refractivity contribution in [1.82, 2.24) is 5.32 Å². The first-order valence-corrected chi connectivity index (χ1v) is 20.6. The number of aliphatic hydroxyl groups is 2. The van der Waals surface area contributed by atoms with E-state index in [0.29, 0.717) is 6.42 Å². The predicted octanol–water partition coefficient (Wildman–Crippen LogP) is 12.8. The summed E-state index contributed by atoms with van der Waals surface area (Å²) in [5.41, 5.74) is 0. The van der Waals surface area contributed by atoms with Crippen molar-refractivity contribution >= 4 is 5.91 Å². The molecule has 0 spiro atoms. The number of allylic oxidation sites excluding steroid dienone is 17. The van der Waals surface area contributed by atoms with E-state index >= 15 is 0 Å². The number of nitrogens with one attached hydrogen (secondary N) is 1. The molecule has 0 fully saturated rings. The van der Waals surface area contributed by atoms with Gasteiger partial charge in [0.25, 0.3) is 0 Å². The Morgan fingerprint density at radius 3 is 1.37 bits per heavy atom. The fourth-order valence-electron chi connectivity index (χ4n) is 5.35. The third-order valence-corrected chi connectivity index (χ3v) is 8.49. The maximum absolute atomic E-state index is 12.3. The topological polar surface area (TPSA) is 69.6 Å². The summed E-state index contributed by atoms with van der Waals surface area (Å²) < 4.78 is 0. The molecule has 3 N–H and O–H groups in total. The van der Waals surface area contributed by atoms with Crippen LogP contribution in [0.5, 0.6) is 0 Å². The largest absolute Gasteiger partial charge is 0.394 e. The molecule has 2 unspecified atom stereocenters. The molecule has 0 aliphatic carbocycles. The van der Waals surface area contributed by atoms with E-state index in [1.54, 1.807) is 6.08 Å². The van der Waals surface area contributed by atoms with Crippen molar-refractivity contribution in [2.45, 2.75) is 174 Å². The molecular formula is C47H77NO3. The molecule has 4 nitrogen and oxygen atoms in total. The van der Waals surface area contributed by atoms with E-state index in [4.69, 9.17) is 0 Å². The highest BCUT2D eigenvalue weighted by molar-refractivity contribution is 5.76. The highest BCUT2D eigenvalue weighted by Gasteiger charge is 2.17. The van der Waals surface area contributed by atoms with Gasteiger partial charge in [-0.05, 0) is 89.9 Å². The number of amides is 1. The minimum Gasteiger partial charge on any atom is -0.394 e. The quantitative estimate of drug-likeness (QED) is 0.0454. The van der Waals surface area contributed by atoms with E-state index in [-0.39, 0.29) is 12.5 Å². The van der Waals surface area contributed by atoms with Gasteiger partial charge in [-0.25, -0.2) is 0 Å². The molecule has 2 atom stereocenters. The van der Waals surface area contributed by atoms with Crippen LogP contribution in [0.4, 0.5) is 0 Å². The summed E-state index contributed by atoms with van der Waals surface area (Å²) in [6, 6.07) is -0.664. The molecule has 0 aliphatic heterocycles. The summed E-state index contributed by atoms with van der Waals surface area (Å²) in [5, 5.41) is 22.9. The predicted molar refractivity (Wildman–Crippen MR) is 225 cm³/mol. The summed E-state index contributed by atoms with van der Waals surface area (Å²) in [4.78, 5) is 12.3. The number of aliphatic hydroxyl groups excluding tert-OH is 2. The normalized spacial score (nSPS) is 14.2. The Bertz CT molecular complexity index is 1030. The van der Waals surface area contributed by atoms with E-state index in [1.807, 2.05) is 6.08 Å². The molecule has 1 amide bonds. The van der Waals surface area contributed by atoms with Crippen LogP contribution in [0.25, 0.3) is 0 Å². The molecule has 51 heavy (non-hydrogen) atoms. The highest BCUT2D eigenvalue weighted by atomic mass is 16.3. The summed E-state index contributed by atoms with van der Waals surface area (Å²) in [6.07, 6.45) is 63.2. The van der Waals surface area contributed by atoms with Gasteiger partial charge in [-0.1, -0.05) is 175 Å². The lowest BCUT2D eigenvalue weighted by Gasteiger charge is -2.19. The molecular weight excluding hydrogens is 627 g/mol. The van der Waals surface area contributed by atoms with Gasteiger partial charge in [0.2, 0.25) is 5.91 Å². The van der Waals surface area contributed by atoms with E-state index in [1.165, 1.54) is 51.4 Å². The van der Waals surface area contributed by atoms with Crippen LogP contribution in [0.15, 0.2) is 109 Å². The Labute approximate surface area is 315 Å². The third kappa shape index (κ3) is 38.1. The molecule has 0 saturated heterocycles. The Kier molecular flexibility index (Phi) is 39.1. The van der Waals surface area contributed by atoms with E-state index in [0.717, 1.165) is 89.9 Å². The summed E-state index contributed by atoms with van der Waals surface area (Å²) in [6.45, 7) is 4.14. The van der Waals surface area contributed by atoms with Crippen LogP contribution in [0.2, 0.25) is 0 Å². The molecule has 0 aromatic heterocycles. The van der Waals surface area contributed by atoms with Gasteiger partial charge in [0, 0.05) is 6.42 Å². The minimum absolute atomic E-state index is 0.112. The summed E-state index contributed by atoms with van der Waals surface area (Å²) in [7, 11) is 0. The van der Waals surface area contributed by atoms with Crippen molar-refractivity contribution in [2.75, 3.05) is 6.61 Å². The molecule has 0 aliphatic rings. The van der Waals surface area contributed by atoms with Crippen LogP contribution >= 0.6 is 0 Å². The number of hydrogen-bond donors (Lipinski definition) is 3. The van der Waals surface area contributed by atoms with Gasteiger partial charge < -0.3 is 15.5 Å². The molecule has 0 saturated carbocycles. The van der Waals surface area contributed by atoms with Gasteiger partial charge in [-0.2, -0.15) is 0 Å². The first-order valence-electron chi connectivity index (χ1n) is 20.6. The summed E-state index contributed by atoms with van der Waals surface area (Å²) >= 11 is 0. The zero-order chi connectivity index (χ0) is 37.1. The van der Waals surface area contributed by atoms with Gasteiger partial charge >= 0.3 is 0 Å². The van der Waals surface area contributed by atoms with Crippen molar-refractivity contribution < 1.29 is 15.0 Å². The van der Waals surface area contributed by atoms with Crippen LogP contribution < -0.4 is 5.32 Å². The van der Waals surface area contributed by atoms with Crippen LogP contribution in [-0.4, -0.2) is 34.9 Å². The number of rotatable bonds is 35. The number of carbonyl (C=O) groups is 1. The Morgan fingerprint density at radius 1 is 0.490 bits per heavy atom. The van der Waals surface area contributed by atoms with Crippen molar-refractivity contribution in [1.29, 1.82) is 0 Å². The van der Waals surface area contributed by atoms with Gasteiger partial charge in [0.05, 0.1) is 18.8 Å². The lowest BCUT2D eigenvalue weighted by Crippen LogP contribution is -2.45. The Morgan fingerprint density at radius 2 is 0.882 bits per heavy atom.